The number of nitriles is 1. The first-order valence-corrected chi connectivity index (χ1v) is 39.8. The average molecular weight is 1690 g/mol. The first kappa shape index (κ1) is 86.7. The van der Waals surface area contributed by atoms with E-state index < -0.39 is 10.0 Å². The molecule has 0 radical (unpaired) electrons. The van der Waals surface area contributed by atoms with Gasteiger partial charge >= 0.3 is 0 Å². The van der Waals surface area contributed by atoms with E-state index in [1.807, 2.05) is 60.7 Å². The summed E-state index contributed by atoms with van der Waals surface area (Å²) >= 11 is 30.1. The Morgan fingerprint density at radius 1 is 0.478 bits per heavy atom. The standard InChI is InChI=1S/C15H21ClN6O.C15H20ClN5O.C14H18ClN5O.C12H16ClN5O2S.C9H6ClN5.C8H7FN4/c1-21-4-6-22(7-5-21)8-9-23-14-10-12(16)2-3-13(14)18-15-11-17-20-19-15;16-13-3-4-14(18-15-11-17-20-19-15)12(10-13)2-1-5-21-6-8-22-9-7-21;15-12-1-2-13(17-14-10-16-19-18-14)11(9-12)3-4-20-5-7-21-8-6-20;1-18(2)21(19,20)6-5-9-7-10(13)3-4-11(9)15-12-8-14-17-16-12;10-8-2-1-7(3-6(8)4-11)13-9-5-12-15-14-9;9-6-2-1-3-7(4-6)11-8-5-10-13-12-8/h2-3,10-11H,4-9H2,1H3,(H2,17,18,19,20);3-4,10-11H,1-2,5-9H2,(H2,17,18,19,20);1-2,9-10H,3-8H2,(H2,16,17,18,19);3-4,7-8H,5-6H2,1-2H3,(H2,14,15,16,17);1-3,5H,(H2,12,13,14,15);1-5H,(H2,10,11,12,13). The Morgan fingerprint density at radius 3 is 1.33 bits per heavy atom. The predicted molar refractivity (Wildman–Crippen MR) is 444 cm³/mol. The molecule has 9 heterocycles. The number of piperazine rings is 1. The Kier molecular flexibility index (Phi) is 34.7. The van der Waals surface area contributed by atoms with E-state index in [1.165, 1.54) is 54.1 Å². The van der Waals surface area contributed by atoms with E-state index in [2.05, 4.69) is 151 Å². The fourth-order valence-corrected chi connectivity index (χ4v) is 13.0. The predicted octanol–water partition coefficient (Wildman–Crippen LogP) is 11.8. The largest absolute Gasteiger partial charge is 0.490 e. The number of likely N-dealkylation sites (N-methyl/N-ethyl adjacent to an activating group) is 1. The van der Waals surface area contributed by atoms with Gasteiger partial charge in [0.15, 0.2) is 34.9 Å². The van der Waals surface area contributed by atoms with Gasteiger partial charge < -0.3 is 51.0 Å². The van der Waals surface area contributed by atoms with Crippen molar-refractivity contribution in [3.63, 3.8) is 0 Å². The molecule has 15 rings (SSSR count). The molecule has 12 N–H and O–H groups in total. The molecule has 0 bridgehead atoms. The molecule has 35 nitrogen and oxygen atoms in total. The average Bonchev–Trinajstić information content (AvgIpc) is 1.81. The number of benzene rings is 6. The number of aryl methyl sites for hydroxylation is 2. The molecule has 3 fully saturated rings. The van der Waals surface area contributed by atoms with Crippen molar-refractivity contribution >= 4 is 137 Å². The van der Waals surface area contributed by atoms with Crippen molar-refractivity contribution in [3.05, 3.63) is 206 Å². The number of halogens is 6. The van der Waals surface area contributed by atoms with Crippen LogP contribution in [0.4, 0.5) is 73.4 Å². The Bertz CT molecular complexity index is 4940. The Labute approximate surface area is 688 Å². The fraction of sp³-hybridized carbons (Fsp3) is 0.329. The monoisotopic (exact) mass is 1690 g/mol. The van der Waals surface area contributed by atoms with Gasteiger partial charge in [-0.2, -0.15) is 67.1 Å². The number of nitrogens with one attached hydrogen (secondary N) is 12. The van der Waals surface area contributed by atoms with Crippen LogP contribution in [0.5, 0.6) is 5.75 Å². The lowest BCUT2D eigenvalue weighted by Crippen LogP contribution is -2.45. The number of aromatic amines is 6. The molecular formula is C73H88Cl5FN30O5S. The highest BCUT2D eigenvalue weighted by molar-refractivity contribution is 7.89. The van der Waals surface area contributed by atoms with Crippen LogP contribution < -0.4 is 36.6 Å². The number of hydrogen-bond donors (Lipinski definition) is 12. The third-order valence-electron chi connectivity index (χ3n) is 17.4. The second-order valence-corrected chi connectivity index (χ2v) is 30.3. The Balaban J connectivity index is 0.000000147. The smallest absolute Gasteiger partial charge is 0.213 e. The second-order valence-electron chi connectivity index (χ2n) is 25.8. The second kappa shape index (κ2) is 46.0. The van der Waals surface area contributed by atoms with E-state index in [-0.39, 0.29) is 11.6 Å². The van der Waals surface area contributed by atoms with Gasteiger partial charge in [0, 0.05) is 134 Å². The molecule has 12 aromatic rings. The highest BCUT2D eigenvalue weighted by Crippen LogP contribution is 2.32. The number of ether oxygens (including phenoxy) is 3. The lowest BCUT2D eigenvalue weighted by molar-refractivity contribution is 0.0375. The fourth-order valence-electron chi connectivity index (χ4n) is 11.3. The van der Waals surface area contributed by atoms with Gasteiger partial charge in [-0.3, -0.25) is 14.7 Å². The van der Waals surface area contributed by atoms with Gasteiger partial charge in [-0.05, 0) is 159 Å². The van der Waals surface area contributed by atoms with E-state index >= 15 is 0 Å². The minimum absolute atomic E-state index is 0.00778. The van der Waals surface area contributed by atoms with Gasteiger partial charge in [0.05, 0.1) is 85.6 Å². The third kappa shape index (κ3) is 30.2. The maximum absolute atomic E-state index is 12.7. The lowest BCUT2D eigenvalue weighted by Gasteiger charge is -2.32. The molecule has 608 valence electrons. The number of hydrogen-bond acceptors (Lipinski definition) is 28. The molecule has 0 aliphatic carbocycles. The van der Waals surface area contributed by atoms with Crippen LogP contribution in [0.1, 0.15) is 28.7 Å². The molecule has 0 saturated carbocycles. The Hall–Kier alpha value is -10.7. The minimum Gasteiger partial charge on any atom is -0.490 e. The summed E-state index contributed by atoms with van der Waals surface area (Å²) in [7, 11) is 1.93. The molecular weight excluding hydrogens is 1610 g/mol. The van der Waals surface area contributed by atoms with Gasteiger partial charge in [0.1, 0.15) is 24.2 Å². The zero-order valence-electron chi connectivity index (χ0n) is 63.1. The number of morpholine rings is 2. The van der Waals surface area contributed by atoms with E-state index in [0.717, 1.165) is 167 Å². The maximum Gasteiger partial charge on any atom is 0.213 e. The number of H-pyrrole nitrogens is 6. The van der Waals surface area contributed by atoms with E-state index in [0.29, 0.717) is 74.3 Å². The zero-order valence-corrected chi connectivity index (χ0v) is 67.6. The van der Waals surface area contributed by atoms with E-state index in [1.54, 1.807) is 73.3 Å². The summed E-state index contributed by atoms with van der Waals surface area (Å²) in [6, 6.07) is 35.7. The summed E-state index contributed by atoms with van der Waals surface area (Å²) in [5.74, 6) is 4.18. The first-order chi connectivity index (χ1) is 55.8. The third-order valence-corrected chi connectivity index (χ3v) is 20.5. The lowest BCUT2D eigenvalue weighted by atomic mass is 10.1. The number of sulfonamides is 1. The molecule has 3 aliphatic rings. The van der Waals surface area contributed by atoms with Crippen LogP contribution in [0.2, 0.25) is 25.1 Å². The summed E-state index contributed by atoms with van der Waals surface area (Å²) < 4.78 is 54.3. The van der Waals surface area contributed by atoms with Gasteiger partial charge in [-0.1, -0.05) is 64.1 Å². The van der Waals surface area contributed by atoms with Gasteiger partial charge in [0.25, 0.3) is 0 Å². The quantitative estimate of drug-likeness (QED) is 0.0227. The summed E-state index contributed by atoms with van der Waals surface area (Å²) in [5.41, 5.74) is 8.60. The molecule has 3 saturated heterocycles. The van der Waals surface area contributed by atoms with Crippen molar-refractivity contribution in [3.8, 4) is 11.8 Å². The molecule has 0 atom stereocenters. The van der Waals surface area contributed by atoms with Crippen LogP contribution in [0, 0.1) is 17.1 Å². The Morgan fingerprint density at radius 2 is 0.887 bits per heavy atom. The molecule has 0 amide bonds. The van der Waals surface area contributed by atoms with Crippen molar-refractivity contribution in [2.45, 2.75) is 25.7 Å². The summed E-state index contributed by atoms with van der Waals surface area (Å²) in [6.45, 7) is 15.4. The molecule has 6 aromatic heterocycles. The number of rotatable bonds is 27. The van der Waals surface area contributed by atoms with E-state index in [4.69, 9.17) is 77.5 Å². The van der Waals surface area contributed by atoms with Crippen LogP contribution in [-0.4, -0.2) is 257 Å². The molecule has 3 aliphatic heterocycles. The van der Waals surface area contributed by atoms with Crippen molar-refractivity contribution in [2.24, 2.45) is 0 Å². The SMILES string of the molecule is CN(C)S(=O)(=O)CCc1cc(Cl)ccc1Nc1cn[nH]n1.CN1CCN(CCOc2cc(Cl)ccc2Nc2cn[nH]n2)CC1.Clc1ccc(Nc2cn[nH]n2)c(CCCN2CCOCC2)c1.Clc1ccc(Nc2cn[nH]n2)c(CCN2CCOCC2)c1.Fc1cccc(Nc2cn[nH]n2)c1.N#Cc1cc(Nc2cn[nH]n2)ccc1Cl. The van der Waals surface area contributed by atoms with Crippen LogP contribution in [0.3, 0.4) is 0 Å². The minimum atomic E-state index is -3.26. The molecule has 42 heteroatoms. The number of aromatic nitrogens is 18. The highest BCUT2D eigenvalue weighted by Gasteiger charge is 2.19. The zero-order chi connectivity index (χ0) is 81.0. The molecule has 115 heavy (non-hydrogen) atoms. The van der Waals surface area contributed by atoms with Crippen molar-refractivity contribution < 1.29 is 27.0 Å². The summed E-state index contributed by atoms with van der Waals surface area (Å²) in [5, 5.41) is 91.6. The van der Waals surface area contributed by atoms with Gasteiger partial charge in [0.2, 0.25) is 10.0 Å². The van der Waals surface area contributed by atoms with Crippen LogP contribution in [0.25, 0.3) is 0 Å². The van der Waals surface area contributed by atoms with Crippen molar-refractivity contribution in [1.82, 2.24) is 116 Å². The maximum atomic E-state index is 12.7. The number of anilines is 12. The normalized spacial score (nSPS) is 13.8. The molecule has 0 spiro atoms. The number of nitrogens with zero attached hydrogens (tertiary/aromatic N) is 18. The van der Waals surface area contributed by atoms with Crippen molar-refractivity contribution in [1.29, 1.82) is 5.26 Å². The van der Waals surface area contributed by atoms with Crippen molar-refractivity contribution in [2.75, 3.05) is 164 Å². The first-order valence-electron chi connectivity index (χ1n) is 36.3. The van der Waals surface area contributed by atoms with Crippen LogP contribution in [-0.2, 0) is 38.8 Å². The van der Waals surface area contributed by atoms with E-state index in [9.17, 15) is 12.8 Å². The van der Waals surface area contributed by atoms with Gasteiger partial charge in [-0.25, -0.2) is 17.1 Å². The van der Waals surface area contributed by atoms with Crippen LogP contribution in [0.15, 0.2) is 152 Å². The van der Waals surface area contributed by atoms with Crippen LogP contribution >= 0.6 is 58.0 Å². The summed E-state index contributed by atoms with van der Waals surface area (Å²) in [4.78, 5) is 9.60. The highest BCUT2D eigenvalue weighted by atomic mass is 35.5. The van der Waals surface area contributed by atoms with Gasteiger partial charge in [-0.15, -0.1) is 30.6 Å². The molecule has 0 unspecified atom stereocenters. The topological polar surface area (TPSA) is 423 Å². The molecule has 6 aromatic carbocycles. The summed E-state index contributed by atoms with van der Waals surface area (Å²) in [6.07, 6.45) is 12.9.